The molecule has 0 aromatic carbocycles. The maximum absolute atomic E-state index is 12.0. The molecular formula is C6H12N2O2S8. The van der Waals surface area contributed by atoms with E-state index in [0.29, 0.717) is 0 Å². The van der Waals surface area contributed by atoms with Crippen LogP contribution >= 0.6 is 87.1 Å². The Morgan fingerprint density at radius 1 is 0.611 bits per heavy atom. The quantitative estimate of drug-likeness (QED) is 0.333. The first kappa shape index (κ1) is 19.7. The van der Waals surface area contributed by atoms with E-state index in [1.807, 2.05) is 25.0 Å². The smallest absolute Gasteiger partial charge is 0.261 e. The van der Waals surface area contributed by atoms with Crippen molar-refractivity contribution in [2.75, 3.05) is 25.0 Å². The van der Waals surface area contributed by atoms with E-state index in [2.05, 4.69) is 0 Å². The van der Waals surface area contributed by atoms with Crippen LogP contribution in [0.25, 0.3) is 0 Å². The predicted molar refractivity (Wildman–Crippen MR) is 98.1 cm³/mol. The molecule has 0 rings (SSSR count). The van der Waals surface area contributed by atoms with Crippen molar-refractivity contribution in [2.24, 2.45) is 0 Å². The van der Waals surface area contributed by atoms with Crippen molar-refractivity contribution < 1.29 is 9.59 Å². The lowest BCUT2D eigenvalue weighted by atomic mass is 10.6. The Hall–Kier alpha value is 1.74. The molecule has 12 heteroatoms. The van der Waals surface area contributed by atoms with Gasteiger partial charge in [0.15, 0.2) is 0 Å². The average molecular weight is 401 g/mol. The van der Waals surface area contributed by atoms with Gasteiger partial charge in [-0.05, 0) is 25.0 Å². The topological polar surface area (TPSA) is 40.6 Å². The van der Waals surface area contributed by atoms with Gasteiger partial charge in [0.2, 0.25) is 0 Å². The Bertz CT molecular complexity index is 230. The molecule has 0 aromatic heterocycles. The Labute approximate surface area is 140 Å². The van der Waals surface area contributed by atoms with Crippen LogP contribution in [-0.4, -0.2) is 44.3 Å². The highest BCUT2D eigenvalue weighted by molar-refractivity contribution is 8.84. The Morgan fingerprint density at radius 2 is 0.833 bits per heavy atom. The minimum Gasteiger partial charge on any atom is -0.261 e. The van der Waals surface area contributed by atoms with Crippen molar-refractivity contribution in [1.29, 1.82) is 0 Å². The fourth-order valence-electron chi connectivity index (χ4n) is 0.587. The van der Waals surface area contributed by atoms with E-state index in [4.69, 9.17) is 0 Å². The number of amides is 2. The van der Waals surface area contributed by atoms with Crippen LogP contribution in [0.4, 0.5) is 0 Å². The van der Waals surface area contributed by atoms with Crippen LogP contribution in [0, 0.1) is 0 Å². The standard InChI is InChI=1S/C6H12N2O2S8/c1-11-15-7(16-12-2)5(9)6(10)8(17-13-3)18-14-4/h1-4H3. The molecule has 4 nitrogen and oxygen atoms in total. The van der Waals surface area contributed by atoms with E-state index in [9.17, 15) is 9.59 Å². The van der Waals surface area contributed by atoms with Crippen molar-refractivity contribution in [3.63, 3.8) is 0 Å². The molecule has 0 fully saturated rings. The minimum absolute atomic E-state index is 0.517. The number of hydrogen-bond donors (Lipinski definition) is 0. The second kappa shape index (κ2) is 12.5. The normalized spacial score (nSPS) is 10.2. The highest BCUT2D eigenvalue weighted by atomic mass is 33.2. The first-order valence-corrected chi connectivity index (χ1v) is 14.2. The summed E-state index contributed by atoms with van der Waals surface area (Å²) >= 11 is 0. The highest BCUT2D eigenvalue weighted by Crippen LogP contribution is 2.39. The highest BCUT2D eigenvalue weighted by Gasteiger charge is 2.29. The molecule has 0 aliphatic carbocycles. The van der Waals surface area contributed by atoms with Gasteiger partial charge in [-0.3, -0.25) is 9.59 Å². The largest absolute Gasteiger partial charge is 0.335 e. The summed E-state index contributed by atoms with van der Waals surface area (Å²) in [5.41, 5.74) is 0. The Balaban J connectivity index is 4.63. The number of nitrogens with zero attached hydrogens (tertiary/aromatic N) is 2. The summed E-state index contributed by atoms with van der Waals surface area (Å²) in [6, 6.07) is 0. The zero-order valence-electron chi connectivity index (χ0n) is 9.98. The minimum atomic E-state index is -0.517. The lowest BCUT2D eigenvalue weighted by molar-refractivity contribution is -0.141. The predicted octanol–water partition coefficient (Wildman–Crippen LogP) is 4.35. The fourth-order valence-corrected chi connectivity index (χ4v) is 8.33. The monoisotopic (exact) mass is 400 g/mol. The van der Waals surface area contributed by atoms with E-state index >= 15 is 0 Å². The fraction of sp³-hybridized carbons (Fsp3) is 0.667. The molecule has 0 heterocycles. The van der Waals surface area contributed by atoms with Crippen LogP contribution < -0.4 is 0 Å². The molecule has 0 aliphatic rings. The van der Waals surface area contributed by atoms with Gasteiger partial charge in [-0.15, -0.1) is 0 Å². The summed E-state index contributed by atoms with van der Waals surface area (Å²) in [5, 5.41) is 0. The summed E-state index contributed by atoms with van der Waals surface area (Å²) in [6.07, 6.45) is 7.45. The lowest BCUT2D eigenvalue weighted by Gasteiger charge is -2.20. The Kier molecular flexibility index (Phi) is 13.7. The van der Waals surface area contributed by atoms with E-state index in [1.54, 1.807) is 0 Å². The van der Waals surface area contributed by atoms with Gasteiger partial charge in [0, 0.05) is 43.9 Å². The molecule has 0 aliphatic heterocycles. The molecule has 0 atom stereocenters. The van der Waals surface area contributed by atoms with Gasteiger partial charge in [0.25, 0.3) is 0 Å². The zero-order chi connectivity index (χ0) is 14.0. The van der Waals surface area contributed by atoms with E-state index in [-0.39, 0.29) is 0 Å². The van der Waals surface area contributed by atoms with Crippen LogP contribution in [0.5, 0.6) is 0 Å². The van der Waals surface area contributed by atoms with Crippen molar-refractivity contribution in [3.05, 3.63) is 0 Å². The number of carbonyl (C=O) groups is 2. The molecule has 2 amide bonds. The Morgan fingerprint density at radius 3 is 1.00 bits per heavy atom. The third-order valence-electron chi connectivity index (χ3n) is 1.08. The molecule has 0 saturated heterocycles. The number of carbonyl (C=O) groups excluding carboxylic acids is 2. The molecule has 0 bridgehead atoms. The summed E-state index contributed by atoms with van der Waals surface area (Å²) < 4.78 is 2.79. The molecule has 0 unspecified atom stereocenters. The van der Waals surface area contributed by atoms with Crippen LogP contribution in [-0.2, 0) is 9.59 Å². The van der Waals surface area contributed by atoms with Crippen molar-refractivity contribution in [3.8, 4) is 0 Å². The van der Waals surface area contributed by atoms with Crippen molar-refractivity contribution >= 4 is 98.9 Å². The van der Waals surface area contributed by atoms with E-state index in [0.717, 1.165) is 0 Å². The van der Waals surface area contributed by atoms with Crippen LogP contribution in [0.3, 0.4) is 0 Å². The summed E-state index contributed by atoms with van der Waals surface area (Å²) in [5.74, 6) is -1.03. The van der Waals surface area contributed by atoms with Gasteiger partial charge in [-0.25, -0.2) is 0 Å². The SMILES string of the molecule is CSSN(SSC)C(=O)C(=O)N(SSC)SSC. The van der Waals surface area contributed by atoms with E-state index < -0.39 is 11.8 Å². The molecule has 0 radical (unpaired) electrons. The van der Waals surface area contributed by atoms with Gasteiger partial charge in [0.05, 0.1) is 0 Å². The van der Waals surface area contributed by atoms with E-state index in [1.165, 1.54) is 94.5 Å². The second-order valence-corrected chi connectivity index (χ2v) is 11.7. The summed E-state index contributed by atoms with van der Waals surface area (Å²) in [7, 11) is 10.7. The summed E-state index contributed by atoms with van der Waals surface area (Å²) in [6.45, 7) is 0. The maximum atomic E-state index is 12.0. The second-order valence-electron chi connectivity index (χ2n) is 2.09. The third-order valence-corrected chi connectivity index (χ3v) is 8.49. The maximum Gasteiger partial charge on any atom is 0.335 e. The van der Waals surface area contributed by atoms with Gasteiger partial charge in [-0.2, -0.15) is 7.42 Å². The molecular weight excluding hydrogens is 389 g/mol. The van der Waals surface area contributed by atoms with Crippen LogP contribution in [0.2, 0.25) is 0 Å². The molecule has 0 N–H and O–H groups in total. The molecule has 0 aromatic rings. The van der Waals surface area contributed by atoms with Gasteiger partial charge in [-0.1, -0.05) is 43.2 Å². The average Bonchev–Trinajstić information content (AvgIpc) is 2.36. The lowest BCUT2D eigenvalue weighted by Crippen LogP contribution is -2.32. The van der Waals surface area contributed by atoms with Gasteiger partial charge in [0.1, 0.15) is 0 Å². The summed E-state index contributed by atoms with van der Waals surface area (Å²) in [4.78, 5) is 24.1. The number of rotatable bonds is 8. The zero-order valence-corrected chi connectivity index (χ0v) is 16.5. The molecule has 106 valence electrons. The molecule has 0 saturated carbocycles. The van der Waals surface area contributed by atoms with Crippen molar-refractivity contribution in [1.82, 2.24) is 7.42 Å². The van der Waals surface area contributed by atoms with Crippen LogP contribution in [0.15, 0.2) is 0 Å². The first-order chi connectivity index (χ1) is 8.62. The third kappa shape index (κ3) is 7.50. The van der Waals surface area contributed by atoms with Crippen LogP contribution in [0.1, 0.15) is 0 Å². The van der Waals surface area contributed by atoms with Gasteiger partial charge < -0.3 is 0 Å². The van der Waals surface area contributed by atoms with Gasteiger partial charge >= 0.3 is 11.8 Å². The molecule has 18 heavy (non-hydrogen) atoms. The number of hydrogen-bond acceptors (Lipinski definition) is 10. The van der Waals surface area contributed by atoms with Crippen molar-refractivity contribution in [2.45, 2.75) is 0 Å². The first-order valence-electron chi connectivity index (χ1n) is 4.14. The molecule has 0 spiro atoms.